The molecule has 0 saturated carbocycles. The van der Waals surface area contributed by atoms with Gasteiger partial charge >= 0.3 is 0 Å². The Morgan fingerprint density at radius 1 is 0.692 bits per heavy atom. The fourth-order valence-electron chi connectivity index (χ4n) is 5.73. The Kier molecular flexibility index (Phi) is 6.15. The summed E-state index contributed by atoms with van der Waals surface area (Å²) < 4.78 is 0. The summed E-state index contributed by atoms with van der Waals surface area (Å²) in [7, 11) is 0. The molecule has 0 saturated heterocycles. The van der Waals surface area contributed by atoms with E-state index in [9.17, 15) is 0 Å². The van der Waals surface area contributed by atoms with Gasteiger partial charge in [-0.2, -0.15) is 5.10 Å². The first-order valence-electron chi connectivity index (χ1n) is 13.1. The van der Waals surface area contributed by atoms with E-state index in [0.29, 0.717) is 0 Å². The molecule has 2 aliphatic heterocycles. The van der Waals surface area contributed by atoms with Crippen molar-refractivity contribution < 1.29 is 0 Å². The summed E-state index contributed by atoms with van der Waals surface area (Å²) in [6.45, 7) is 0. The molecule has 0 radical (unpaired) electrons. The van der Waals surface area contributed by atoms with Crippen molar-refractivity contribution in [2.45, 2.75) is 22.2 Å². The van der Waals surface area contributed by atoms with Crippen LogP contribution in [0.3, 0.4) is 0 Å². The van der Waals surface area contributed by atoms with E-state index in [0.717, 1.165) is 39.8 Å². The van der Waals surface area contributed by atoms with Crippen molar-refractivity contribution >= 4 is 40.6 Å². The van der Waals surface area contributed by atoms with Crippen molar-refractivity contribution in [1.29, 1.82) is 0 Å². The number of nitrogens with zero attached hydrogens (tertiary/aromatic N) is 3. The number of anilines is 2. The second kappa shape index (κ2) is 9.96. The van der Waals surface area contributed by atoms with Crippen molar-refractivity contribution in [2.75, 3.05) is 9.91 Å². The number of amidine groups is 1. The quantitative estimate of drug-likeness (QED) is 0.225. The molecule has 2 heterocycles. The Labute approximate surface area is 238 Å². The second-order valence-corrected chi connectivity index (χ2v) is 11.5. The van der Waals surface area contributed by atoms with Crippen LogP contribution in [0.25, 0.3) is 0 Å². The van der Waals surface area contributed by atoms with Crippen LogP contribution >= 0.6 is 23.4 Å². The molecule has 190 valence electrons. The van der Waals surface area contributed by atoms with E-state index in [1.807, 2.05) is 23.9 Å². The van der Waals surface area contributed by atoms with Gasteiger partial charge in [0.2, 0.25) is 0 Å². The van der Waals surface area contributed by atoms with Gasteiger partial charge in [0.1, 0.15) is 0 Å². The fraction of sp³-hybridized carbons (Fsp3) is 0.0882. The van der Waals surface area contributed by atoms with Crippen molar-refractivity contribution in [1.82, 2.24) is 0 Å². The number of thioether (sulfide) groups is 1. The van der Waals surface area contributed by atoms with Crippen LogP contribution in [0.4, 0.5) is 11.4 Å². The molecule has 2 atom stereocenters. The van der Waals surface area contributed by atoms with Gasteiger partial charge in [0.15, 0.2) is 11.5 Å². The van der Waals surface area contributed by atoms with E-state index >= 15 is 0 Å². The van der Waals surface area contributed by atoms with Gasteiger partial charge in [-0.05, 0) is 42.0 Å². The Morgan fingerprint density at radius 2 is 1.31 bits per heavy atom. The molecular formula is C34H26ClN3S. The molecule has 39 heavy (non-hydrogen) atoms. The molecule has 7 rings (SSSR count). The second-order valence-electron chi connectivity index (χ2n) is 9.78. The van der Waals surface area contributed by atoms with Gasteiger partial charge in [0, 0.05) is 32.7 Å². The number of fused-ring (bicyclic) bond motifs is 3. The minimum Gasteiger partial charge on any atom is -0.294 e. The van der Waals surface area contributed by atoms with Gasteiger partial charge < -0.3 is 0 Å². The Balaban J connectivity index is 1.56. The standard InChI is InChI=1S/C34H26ClN3S/c35-28-22-20-27(21-23-28)34-24-32(25-12-4-1-5-13-25)39-31-19-11-10-18-30(31)37(34)33(26-14-6-2-7-15-26)36-38(34)29-16-8-3-9-17-29/h1-23,32H,24H2/t32-,34+/m1/s1. The predicted molar refractivity (Wildman–Crippen MR) is 164 cm³/mol. The molecule has 0 bridgehead atoms. The number of benzene rings is 5. The van der Waals surface area contributed by atoms with Crippen LogP contribution in [0.1, 0.15) is 28.4 Å². The molecular weight excluding hydrogens is 518 g/mol. The van der Waals surface area contributed by atoms with E-state index in [1.165, 1.54) is 10.5 Å². The van der Waals surface area contributed by atoms with E-state index in [4.69, 9.17) is 16.7 Å². The molecule has 0 amide bonds. The van der Waals surface area contributed by atoms with Crippen molar-refractivity contribution in [3.8, 4) is 0 Å². The molecule has 5 heteroatoms. The summed E-state index contributed by atoms with van der Waals surface area (Å²) in [5.74, 6) is 0.927. The fourth-order valence-corrected chi connectivity index (χ4v) is 7.21. The van der Waals surface area contributed by atoms with E-state index in [-0.39, 0.29) is 5.25 Å². The molecule has 5 aromatic carbocycles. The smallest absolute Gasteiger partial charge is 0.167 e. The lowest BCUT2D eigenvalue weighted by Crippen LogP contribution is -2.54. The molecule has 0 fully saturated rings. The van der Waals surface area contributed by atoms with Crippen LogP contribution in [0.15, 0.2) is 150 Å². The summed E-state index contributed by atoms with van der Waals surface area (Å²) >= 11 is 8.38. The first kappa shape index (κ1) is 24.1. The molecule has 0 N–H and O–H groups in total. The third-order valence-corrected chi connectivity index (χ3v) is 9.06. The van der Waals surface area contributed by atoms with E-state index < -0.39 is 5.66 Å². The van der Waals surface area contributed by atoms with Crippen molar-refractivity contribution in [3.63, 3.8) is 0 Å². The third kappa shape index (κ3) is 4.12. The first-order valence-corrected chi connectivity index (χ1v) is 14.4. The average molecular weight is 544 g/mol. The van der Waals surface area contributed by atoms with Gasteiger partial charge in [-0.15, -0.1) is 11.8 Å². The first-order chi connectivity index (χ1) is 19.2. The largest absolute Gasteiger partial charge is 0.294 e. The molecule has 2 aliphatic rings. The van der Waals surface area contributed by atoms with Crippen LogP contribution < -0.4 is 9.91 Å². The van der Waals surface area contributed by atoms with Crippen LogP contribution in [0, 0.1) is 0 Å². The number of hydrogen-bond donors (Lipinski definition) is 0. The zero-order valence-corrected chi connectivity index (χ0v) is 22.8. The molecule has 0 unspecified atom stereocenters. The number of hydrogen-bond acceptors (Lipinski definition) is 4. The maximum absolute atomic E-state index is 6.45. The molecule has 3 nitrogen and oxygen atoms in total. The molecule has 5 aromatic rings. The van der Waals surface area contributed by atoms with Crippen LogP contribution in [-0.2, 0) is 5.66 Å². The Hall–Kier alpha value is -3.99. The highest BCUT2D eigenvalue weighted by atomic mass is 35.5. The van der Waals surface area contributed by atoms with Gasteiger partial charge in [-0.1, -0.05) is 115 Å². The maximum Gasteiger partial charge on any atom is 0.167 e. The topological polar surface area (TPSA) is 18.8 Å². The Bertz CT molecular complexity index is 1620. The summed E-state index contributed by atoms with van der Waals surface area (Å²) in [5.41, 5.74) is 5.07. The normalized spacial score (nSPS) is 20.1. The third-order valence-electron chi connectivity index (χ3n) is 7.48. The van der Waals surface area contributed by atoms with Gasteiger partial charge in [-0.3, -0.25) is 4.90 Å². The lowest BCUT2D eigenvalue weighted by molar-refractivity contribution is 0.407. The minimum absolute atomic E-state index is 0.185. The number of hydrazone groups is 1. The monoisotopic (exact) mass is 543 g/mol. The van der Waals surface area contributed by atoms with Crippen molar-refractivity contribution in [2.24, 2.45) is 5.10 Å². The zero-order chi connectivity index (χ0) is 26.2. The van der Waals surface area contributed by atoms with Crippen LogP contribution in [-0.4, -0.2) is 5.84 Å². The lowest BCUT2D eigenvalue weighted by Gasteiger charge is -2.45. The summed E-state index contributed by atoms with van der Waals surface area (Å²) in [6, 6.07) is 48.9. The minimum atomic E-state index is -0.642. The summed E-state index contributed by atoms with van der Waals surface area (Å²) in [6.07, 6.45) is 0.798. The highest BCUT2D eigenvalue weighted by Gasteiger charge is 2.55. The van der Waals surface area contributed by atoms with Crippen LogP contribution in [0.5, 0.6) is 0 Å². The lowest BCUT2D eigenvalue weighted by atomic mass is 9.88. The zero-order valence-electron chi connectivity index (χ0n) is 21.2. The molecule has 0 aromatic heterocycles. The SMILES string of the molecule is Clc1ccc([C@@]23C[C@H](c4ccccc4)Sc4ccccc4N2C(c2ccccc2)=NN3c2ccccc2)cc1. The Morgan fingerprint density at radius 3 is 2.03 bits per heavy atom. The predicted octanol–water partition coefficient (Wildman–Crippen LogP) is 9.12. The number of halogens is 1. The van der Waals surface area contributed by atoms with E-state index in [1.54, 1.807) is 0 Å². The number of rotatable bonds is 4. The highest BCUT2D eigenvalue weighted by Crippen LogP contribution is 2.57. The average Bonchev–Trinajstić information content (AvgIpc) is 3.26. The number of para-hydroxylation sites is 2. The van der Waals surface area contributed by atoms with Crippen LogP contribution in [0.2, 0.25) is 5.02 Å². The van der Waals surface area contributed by atoms with Gasteiger partial charge in [0.05, 0.1) is 11.4 Å². The van der Waals surface area contributed by atoms with Crippen molar-refractivity contribution in [3.05, 3.63) is 161 Å². The molecule has 0 aliphatic carbocycles. The van der Waals surface area contributed by atoms with E-state index in [2.05, 4.69) is 137 Å². The van der Waals surface area contributed by atoms with Gasteiger partial charge in [0.25, 0.3) is 0 Å². The summed E-state index contributed by atoms with van der Waals surface area (Å²) in [5, 5.41) is 8.58. The van der Waals surface area contributed by atoms with Gasteiger partial charge in [-0.25, -0.2) is 5.01 Å². The maximum atomic E-state index is 6.45. The highest BCUT2D eigenvalue weighted by molar-refractivity contribution is 7.99. The summed E-state index contributed by atoms with van der Waals surface area (Å²) in [4.78, 5) is 3.70. The molecule has 0 spiro atoms.